The van der Waals surface area contributed by atoms with Gasteiger partial charge in [-0.1, -0.05) is 12.1 Å². The predicted molar refractivity (Wildman–Crippen MR) is 62.2 cm³/mol. The van der Waals surface area contributed by atoms with Crippen LogP contribution in [0.1, 0.15) is 18.3 Å². The molecule has 0 saturated heterocycles. The number of aromatic nitrogens is 4. The summed E-state index contributed by atoms with van der Waals surface area (Å²) in [5.74, 6) is 0.701. The number of halogens is 1. The zero-order chi connectivity index (χ0) is 11.5. The third-order valence-corrected chi connectivity index (χ3v) is 2.73. The molecule has 0 aliphatic heterocycles. The molecule has 0 atom stereocenters. The molecule has 2 aromatic rings. The molecule has 0 fully saturated rings. The van der Waals surface area contributed by atoms with Crippen LogP contribution in [-0.4, -0.2) is 25.1 Å². The summed E-state index contributed by atoms with van der Waals surface area (Å²) in [5.41, 5.74) is 1.49. The Morgan fingerprint density at radius 1 is 1.44 bits per heavy atom. The molecule has 0 aliphatic rings. The van der Waals surface area contributed by atoms with E-state index in [9.17, 15) is 0 Å². The molecule has 1 N–H and O–H groups in total. The molecule has 84 valence electrons. The first-order valence-electron chi connectivity index (χ1n) is 4.92. The van der Waals surface area contributed by atoms with E-state index in [0.29, 0.717) is 11.5 Å². The fourth-order valence-corrected chi connectivity index (χ4v) is 1.72. The Bertz CT molecular complexity index is 480. The monoisotopic (exact) mass is 282 g/mol. The molecule has 0 aromatic carbocycles. The van der Waals surface area contributed by atoms with Crippen LogP contribution in [0.2, 0.25) is 0 Å². The summed E-state index contributed by atoms with van der Waals surface area (Å²) in [4.78, 5) is 4.24. The summed E-state index contributed by atoms with van der Waals surface area (Å²) in [6.45, 7) is 1.90. The van der Waals surface area contributed by atoms with Gasteiger partial charge in [-0.3, -0.25) is 0 Å². The van der Waals surface area contributed by atoms with E-state index in [1.165, 1.54) is 0 Å². The first-order chi connectivity index (χ1) is 7.76. The topological polar surface area (TPSA) is 63.8 Å². The van der Waals surface area contributed by atoms with E-state index >= 15 is 0 Å². The van der Waals surface area contributed by atoms with Crippen molar-refractivity contribution in [2.75, 3.05) is 0 Å². The molecule has 0 unspecified atom stereocenters. The summed E-state index contributed by atoms with van der Waals surface area (Å²) in [6, 6.07) is 3.74. The number of hydrogen-bond acceptors (Lipinski definition) is 4. The van der Waals surface area contributed by atoms with Gasteiger partial charge < -0.3 is 5.11 Å². The van der Waals surface area contributed by atoms with E-state index in [1.807, 2.05) is 19.1 Å². The molecule has 2 heterocycles. The fourth-order valence-electron chi connectivity index (χ4n) is 1.49. The van der Waals surface area contributed by atoms with E-state index in [1.54, 1.807) is 10.9 Å². The second-order valence-corrected chi connectivity index (χ2v) is 4.16. The molecule has 0 aliphatic carbocycles. The van der Waals surface area contributed by atoms with Gasteiger partial charge in [0, 0.05) is 10.7 Å². The van der Waals surface area contributed by atoms with E-state index in [4.69, 9.17) is 5.11 Å². The van der Waals surface area contributed by atoms with Crippen molar-refractivity contribution in [3.63, 3.8) is 0 Å². The molecule has 6 heteroatoms. The van der Waals surface area contributed by atoms with E-state index in [2.05, 4.69) is 31.2 Å². The van der Waals surface area contributed by atoms with Gasteiger partial charge in [-0.05, 0) is 34.5 Å². The second kappa shape index (κ2) is 4.71. The van der Waals surface area contributed by atoms with E-state index < -0.39 is 0 Å². The van der Waals surface area contributed by atoms with Crippen molar-refractivity contribution in [2.45, 2.75) is 20.0 Å². The second-order valence-electron chi connectivity index (χ2n) is 3.24. The molecule has 2 rings (SSSR count). The summed E-state index contributed by atoms with van der Waals surface area (Å²) >= 11 is 3.32. The highest BCUT2D eigenvalue weighted by Gasteiger charge is 2.12. The zero-order valence-corrected chi connectivity index (χ0v) is 10.3. The van der Waals surface area contributed by atoms with Crippen LogP contribution in [0.5, 0.6) is 0 Å². The average molecular weight is 283 g/mol. The number of aliphatic hydroxyl groups is 1. The van der Waals surface area contributed by atoms with Crippen LogP contribution in [0.3, 0.4) is 0 Å². The standard InChI is InChI=1S/C10H11BrN4O/c1-2-9-8(6-16)13-14-15(9)10-4-3-7(11)5-12-10/h3-5,16H,2,6H2,1H3. The third-order valence-electron chi connectivity index (χ3n) is 2.26. The highest BCUT2D eigenvalue weighted by Crippen LogP contribution is 2.14. The average Bonchev–Trinajstić information content (AvgIpc) is 2.72. The molecule has 0 radical (unpaired) electrons. The van der Waals surface area contributed by atoms with E-state index in [0.717, 1.165) is 16.6 Å². The molecular weight excluding hydrogens is 272 g/mol. The lowest BCUT2D eigenvalue weighted by molar-refractivity contribution is 0.275. The summed E-state index contributed by atoms with van der Waals surface area (Å²) in [5, 5.41) is 17.0. The van der Waals surface area contributed by atoms with Crippen molar-refractivity contribution in [2.24, 2.45) is 0 Å². The predicted octanol–water partition coefficient (Wildman–Crippen LogP) is 1.48. The highest BCUT2D eigenvalue weighted by molar-refractivity contribution is 9.10. The molecule has 0 saturated carbocycles. The summed E-state index contributed by atoms with van der Waals surface area (Å²) in [7, 11) is 0. The van der Waals surface area contributed by atoms with Crippen molar-refractivity contribution < 1.29 is 5.11 Å². The minimum Gasteiger partial charge on any atom is -0.390 e. The smallest absolute Gasteiger partial charge is 0.155 e. The van der Waals surface area contributed by atoms with Gasteiger partial charge in [-0.2, -0.15) is 4.68 Å². The number of rotatable bonds is 3. The fraction of sp³-hybridized carbons (Fsp3) is 0.300. The van der Waals surface area contributed by atoms with Crippen LogP contribution >= 0.6 is 15.9 Å². The van der Waals surface area contributed by atoms with Gasteiger partial charge in [0.2, 0.25) is 0 Å². The minimum atomic E-state index is -0.0975. The van der Waals surface area contributed by atoms with Gasteiger partial charge in [0.05, 0.1) is 12.3 Å². The van der Waals surface area contributed by atoms with Gasteiger partial charge in [-0.25, -0.2) is 4.98 Å². The maximum Gasteiger partial charge on any atom is 0.155 e. The lowest BCUT2D eigenvalue weighted by atomic mass is 10.2. The Morgan fingerprint density at radius 2 is 2.25 bits per heavy atom. The normalized spacial score (nSPS) is 10.7. The van der Waals surface area contributed by atoms with E-state index in [-0.39, 0.29) is 6.61 Å². The van der Waals surface area contributed by atoms with Gasteiger partial charge in [-0.15, -0.1) is 5.10 Å². The van der Waals surface area contributed by atoms with Crippen molar-refractivity contribution in [1.29, 1.82) is 0 Å². The molecule has 2 aromatic heterocycles. The van der Waals surface area contributed by atoms with Gasteiger partial charge in [0.15, 0.2) is 5.82 Å². The molecule has 16 heavy (non-hydrogen) atoms. The van der Waals surface area contributed by atoms with Gasteiger partial charge in [0.25, 0.3) is 0 Å². The zero-order valence-electron chi connectivity index (χ0n) is 8.76. The number of pyridine rings is 1. The maximum absolute atomic E-state index is 9.11. The molecule has 5 nitrogen and oxygen atoms in total. The largest absolute Gasteiger partial charge is 0.390 e. The Balaban J connectivity index is 2.47. The third kappa shape index (κ3) is 1.98. The number of nitrogens with zero attached hydrogens (tertiary/aromatic N) is 4. The Kier molecular flexibility index (Phi) is 3.31. The Labute approximate surface area is 101 Å². The van der Waals surface area contributed by atoms with Crippen LogP contribution in [0.4, 0.5) is 0 Å². The molecule has 0 bridgehead atoms. The van der Waals surface area contributed by atoms with Crippen LogP contribution in [0.25, 0.3) is 5.82 Å². The maximum atomic E-state index is 9.11. The van der Waals surface area contributed by atoms with Crippen molar-refractivity contribution in [1.82, 2.24) is 20.0 Å². The molecule has 0 spiro atoms. The van der Waals surface area contributed by atoms with Crippen LogP contribution in [-0.2, 0) is 13.0 Å². The highest BCUT2D eigenvalue weighted by atomic mass is 79.9. The van der Waals surface area contributed by atoms with Crippen molar-refractivity contribution >= 4 is 15.9 Å². The quantitative estimate of drug-likeness (QED) is 0.926. The van der Waals surface area contributed by atoms with Gasteiger partial charge >= 0.3 is 0 Å². The number of aliphatic hydroxyl groups excluding tert-OH is 1. The summed E-state index contributed by atoms with van der Waals surface area (Å²) < 4.78 is 2.56. The Morgan fingerprint density at radius 3 is 2.81 bits per heavy atom. The van der Waals surface area contributed by atoms with Crippen LogP contribution in [0.15, 0.2) is 22.8 Å². The first-order valence-corrected chi connectivity index (χ1v) is 5.71. The lowest BCUT2D eigenvalue weighted by Gasteiger charge is -2.04. The van der Waals surface area contributed by atoms with Crippen molar-refractivity contribution in [3.8, 4) is 5.82 Å². The van der Waals surface area contributed by atoms with Crippen molar-refractivity contribution in [3.05, 3.63) is 34.2 Å². The molecule has 0 amide bonds. The minimum absolute atomic E-state index is 0.0975. The Hall–Kier alpha value is -1.27. The van der Waals surface area contributed by atoms with Crippen LogP contribution in [0, 0.1) is 0 Å². The van der Waals surface area contributed by atoms with Gasteiger partial charge in [0.1, 0.15) is 5.69 Å². The molecular formula is C10H11BrN4O. The summed E-state index contributed by atoms with van der Waals surface area (Å²) in [6.07, 6.45) is 2.45. The first kappa shape index (κ1) is 11.2. The lowest BCUT2D eigenvalue weighted by Crippen LogP contribution is -2.04. The SMILES string of the molecule is CCc1c(CO)nnn1-c1ccc(Br)cn1. The number of hydrogen-bond donors (Lipinski definition) is 1. The van der Waals surface area contributed by atoms with Crippen LogP contribution < -0.4 is 0 Å².